The van der Waals surface area contributed by atoms with Gasteiger partial charge in [-0.15, -0.1) is 0 Å². The number of nitriles is 1. The van der Waals surface area contributed by atoms with Crippen LogP contribution in [-0.2, 0) is 11.4 Å². The molecule has 0 aliphatic rings. The minimum Gasteiger partial charge on any atom is -0.489 e. The molecule has 0 aromatic heterocycles. The second-order valence-electron chi connectivity index (χ2n) is 4.91. The number of non-ortho nitro benzene ring substituents is 1. The second-order valence-corrected chi connectivity index (χ2v) is 4.91. The molecule has 0 fully saturated rings. The van der Waals surface area contributed by atoms with Gasteiger partial charge in [0.25, 0.3) is 11.6 Å². The summed E-state index contributed by atoms with van der Waals surface area (Å²) in [4.78, 5) is 21.2. The van der Waals surface area contributed by atoms with E-state index in [-0.39, 0.29) is 18.7 Å². The minimum atomic E-state index is -0.471. The fourth-order valence-corrected chi connectivity index (χ4v) is 1.82. The zero-order valence-corrected chi connectivity index (χ0v) is 13.1. The molecule has 126 valence electrons. The van der Waals surface area contributed by atoms with Gasteiger partial charge in [-0.05, 0) is 47.5 Å². The van der Waals surface area contributed by atoms with E-state index in [4.69, 9.17) is 10.00 Å². The van der Waals surface area contributed by atoms with Gasteiger partial charge in [-0.1, -0.05) is 0 Å². The lowest BCUT2D eigenvalue weighted by Crippen LogP contribution is -2.16. The van der Waals surface area contributed by atoms with Crippen molar-refractivity contribution in [2.45, 2.75) is 13.0 Å². The van der Waals surface area contributed by atoms with Gasteiger partial charge in [-0.3, -0.25) is 14.9 Å². The third kappa shape index (κ3) is 5.76. The molecule has 8 nitrogen and oxygen atoms in total. The molecule has 0 aliphatic heterocycles. The highest BCUT2D eigenvalue weighted by Gasteiger charge is 2.04. The Labute approximate surface area is 143 Å². The number of rotatable bonds is 7. The number of nitrogens with zero attached hydrogens (tertiary/aromatic N) is 3. The molecular weight excluding hydrogens is 324 g/mol. The van der Waals surface area contributed by atoms with Gasteiger partial charge in [0.15, 0.2) is 0 Å². The van der Waals surface area contributed by atoms with Gasteiger partial charge in [0.05, 0.1) is 17.2 Å². The summed E-state index contributed by atoms with van der Waals surface area (Å²) in [7, 11) is 0. The fraction of sp³-hybridized carbons (Fsp3) is 0.118. The predicted molar refractivity (Wildman–Crippen MR) is 89.8 cm³/mol. The van der Waals surface area contributed by atoms with E-state index in [2.05, 4.69) is 10.5 Å². The molecule has 2 rings (SSSR count). The first kappa shape index (κ1) is 17.6. The Morgan fingerprint density at radius 2 is 1.92 bits per heavy atom. The maximum Gasteiger partial charge on any atom is 0.269 e. The highest BCUT2D eigenvalue weighted by Crippen LogP contribution is 2.16. The third-order valence-corrected chi connectivity index (χ3v) is 3.08. The molecule has 0 radical (unpaired) electrons. The molecule has 1 N–H and O–H groups in total. The van der Waals surface area contributed by atoms with Crippen LogP contribution in [0.25, 0.3) is 0 Å². The van der Waals surface area contributed by atoms with Crippen molar-refractivity contribution in [2.75, 3.05) is 0 Å². The molecular formula is C17H14N4O4. The maximum absolute atomic E-state index is 11.1. The van der Waals surface area contributed by atoms with Crippen molar-refractivity contribution in [3.63, 3.8) is 0 Å². The van der Waals surface area contributed by atoms with Crippen LogP contribution in [0.1, 0.15) is 17.5 Å². The molecule has 0 saturated carbocycles. The van der Waals surface area contributed by atoms with Gasteiger partial charge in [-0.2, -0.15) is 10.4 Å². The lowest BCUT2D eigenvalue weighted by atomic mass is 10.2. The number of benzene rings is 2. The Kier molecular flexibility index (Phi) is 6.19. The zero-order chi connectivity index (χ0) is 18.1. The van der Waals surface area contributed by atoms with E-state index in [0.717, 1.165) is 11.1 Å². The van der Waals surface area contributed by atoms with Gasteiger partial charge in [0, 0.05) is 12.1 Å². The van der Waals surface area contributed by atoms with Crippen LogP contribution in [0.5, 0.6) is 5.75 Å². The predicted octanol–water partition coefficient (Wildman–Crippen LogP) is 2.54. The number of nitrogens with one attached hydrogen (secondary N) is 1. The van der Waals surface area contributed by atoms with Crippen LogP contribution in [0.4, 0.5) is 5.69 Å². The largest absolute Gasteiger partial charge is 0.489 e. The summed E-state index contributed by atoms with van der Waals surface area (Å²) in [5.74, 6) is 0.158. The number of amides is 1. The van der Waals surface area contributed by atoms with E-state index in [9.17, 15) is 14.9 Å². The average Bonchev–Trinajstić information content (AvgIpc) is 2.61. The summed E-state index contributed by atoms with van der Waals surface area (Å²) in [5.41, 5.74) is 3.84. The Bertz CT molecular complexity index is 808. The van der Waals surface area contributed by atoms with Crippen LogP contribution in [0.3, 0.4) is 0 Å². The Hall–Kier alpha value is -3.73. The molecule has 0 saturated heterocycles. The molecule has 25 heavy (non-hydrogen) atoms. The minimum absolute atomic E-state index is 0.0363. The summed E-state index contributed by atoms with van der Waals surface area (Å²) in [5, 5.41) is 22.7. The molecule has 0 bridgehead atoms. The van der Waals surface area contributed by atoms with Crippen LogP contribution in [0.2, 0.25) is 0 Å². The van der Waals surface area contributed by atoms with Gasteiger partial charge < -0.3 is 4.74 Å². The van der Waals surface area contributed by atoms with Crippen molar-refractivity contribution in [1.29, 1.82) is 5.26 Å². The number of nitro benzene ring substituents is 1. The average molecular weight is 338 g/mol. The van der Waals surface area contributed by atoms with Crippen LogP contribution < -0.4 is 10.2 Å². The van der Waals surface area contributed by atoms with E-state index in [1.807, 2.05) is 0 Å². The van der Waals surface area contributed by atoms with E-state index in [0.29, 0.717) is 5.75 Å². The van der Waals surface area contributed by atoms with E-state index in [1.165, 1.54) is 18.3 Å². The van der Waals surface area contributed by atoms with E-state index in [1.54, 1.807) is 42.5 Å². The first-order valence-corrected chi connectivity index (χ1v) is 7.23. The summed E-state index contributed by atoms with van der Waals surface area (Å²) in [6.45, 7) is 0.287. The molecule has 1 amide bonds. The number of hydrazone groups is 1. The number of hydrogen-bond donors (Lipinski definition) is 1. The number of hydrogen-bond acceptors (Lipinski definition) is 6. The summed E-state index contributed by atoms with van der Waals surface area (Å²) in [6.07, 6.45) is 1.21. The maximum atomic E-state index is 11.1. The molecule has 2 aromatic rings. The van der Waals surface area contributed by atoms with Crippen LogP contribution in [-0.4, -0.2) is 17.0 Å². The molecule has 2 aromatic carbocycles. The van der Waals surface area contributed by atoms with E-state index < -0.39 is 10.8 Å². The van der Waals surface area contributed by atoms with Crippen molar-refractivity contribution >= 4 is 17.8 Å². The fourth-order valence-electron chi connectivity index (χ4n) is 1.82. The first-order valence-electron chi connectivity index (χ1n) is 7.23. The number of carbonyl (C=O) groups excluding carboxylic acids is 1. The standard InChI is InChI=1S/C17H14N4O4/c18-10-9-17(22)20-19-11-13-3-7-16(8-4-13)25-12-14-1-5-15(6-2-14)21(23)24/h1-8,11H,9,12H2,(H,20,22)/b19-11-. The van der Waals surface area contributed by atoms with Gasteiger partial charge >= 0.3 is 0 Å². The Balaban J connectivity index is 1.85. The molecule has 0 spiro atoms. The second kappa shape index (κ2) is 8.79. The molecule has 0 atom stereocenters. The first-order chi connectivity index (χ1) is 12.1. The Morgan fingerprint density at radius 3 is 2.52 bits per heavy atom. The van der Waals surface area contributed by atoms with Crippen LogP contribution in [0, 0.1) is 21.4 Å². The smallest absolute Gasteiger partial charge is 0.269 e. The van der Waals surface area contributed by atoms with Crippen LogP contribution in [0.15, 0.2) is 53.6 Å². The monoisotopic (exact) mass is 338 g/mol. The molecule has 0 heterocycles. The number of carbonyl (C=O) groups is 1. The van der Waals surface area contributed by atoms with Gasteiger partial charge in [0.1, 0.15) is 18.8 Å². The lowest BCUT2D eigenvalue weighted by Gasteiger charge is -2.06. The van der Waals surface area contributed by atoms with E-state index >= 15 is 0 Å². The highest BCUT2D eigenvalue weighted by atomic mass is 16.6. The quantitative estimate of drug-likeness (QED) is 0.473. The number of ether oxygens (including phenoxy) is 1. The third-order valence-electron chi connectivity index (χ3n) is 3.08. The number of nitro groups is 1. The van der Waals surface area contributed by atoms with Gasteiger partial charge in [-0.25, -0.2) is 5.43 Å². The Morgan fingerprint density at radius 1 is 1.24 bits per heavy atom. The van der Waals surface area contributed by atoms with Gasteiger partial charge in [0.2, 0.25) is 0 Å². The van der Waals surface area contributed by atoms with Crippen LogP contribution >= 0.6 is 0 Å². The molecule has 0 aliphatic carbocycles. The molecule has 8 heteroatoms. The van der Waals surface area contributed by atoms with Crippen molar-refractivity contribution < 1.29 is 14.5 Å². The van der Waals surface area contributed by atoms with Crippen molar-refractivity contribution in [1.82, 2.24) is 5.43 Å². The SMILES string of the molecule is N#CCC(=O)N/N=C\c1ccc(OCc2ccc([N+](=O)[O-])cc2)cc1. The summed E-state index contributed by atoms with van der Waals surface area (Å²) in [6, 6.07) is 14.9. The molecule has 0 unspecified atom stereocenters. The lowest BCUT2D eigenvalue weighted by molar-refractivity contribution is -0.384. The normalized spacial score (nSPS) is 10.2. The van der Waals surface area contributed by atoms with Crippen molar-refractivity contribution in [3.8, 4) is 11.8 Å². The topological polar surface area (TPSA) is 118 Å². The van der Waals surface area contributed by atoms with Crippen molar-refractivity contribution in [3.05, 3.63) is 69.8 Å². The van der Waals surface area contributed by atoms with Crippen molar-refractivity contribution in [2.24, 2.45) is 5.10 Å². The summed E-state index contributed by atoms with van der Waals surface area (Å²) >= 11 is 0. The highest BCUT2D eigenvalue weighted by molar-refractivity contribution is 5.83. The summed E-state index contributed by atoms with van der Waals surface area (Å²) < 4.78 is 5.60. The zero-order valence-electron chi connectivity index (χ0n) is 13.1.